The first-order valence-electron chi connectivity index (χ1n) is 6.39. The fraction of sp³-hybridized carbons (Fsp3) is 0.583. The van der Waals surface area contributed by atoms with E-state index in [1.54, 1.807) is 0 Å². The van der Waals surface area contributed by atoms with Gasteiger partial charge in [-0.3, -0.25) is 24.0 Å². The molecule has 0 heterocycles. The SMILES string of the molecule is CC(=O)O.CC(N)C(=O)O.NC(CO)C(=O)O.O=C(O)CCC(=O)O. The Morgan fingerprint density at radius 3 is 1.08 bits per heavy atom. The van der Waals surface area contributed by atoms with E-state index in [9.17, 15) is 19.2 Å². The number of aliphatic hydroxyl groups excluding tert-OH is 1. The summed E-state index contributed by atoms with van der Waals surface area (Å²) in [7, 11) is 0. The van der Waals surface area contributed by atoms with Crippen molar-refractivity contribution in [3.63, 3.8) is 0 Å². The third-order valence-electron chi connectivity index (χ3n) is 1.46. The molecule has 148 valence electrons. The molecular formula is C12H24N2O11. The van der Waals surface area contributed by atoms with Crippen molar-refractivity contribution in [2.45, 2.75) is 38.8 Å². The van der Waals surface area contributed by atoms with Crippen molar-refractivity contribution in [2.75, 3.05) is 6.61 Å². The summed E-state index contributed by atoms with van der Waals surface area (Å²) in [5.74, 6) is -5.13. The van der Waals surface area contributed by atoms with Crippen LogP contribution in [0, 0.1) is 0 Å². The van der Waals surface area contributed by atoms with Crippen molar-refractivity contribution in [2.24, 2.45) is 11.5 Å². The van der Waals surface area contributed by atoms with E-state index in [0.717, 1.165) is 6.92 Å². The van der Waals surface area contributed by atoms with Crippen LogP contribution in [-0.2, 0) is 24.0 Å². The normalized spacial score (nSPS) is 10.8. The molecule has 2 unspecified atom stereocenters. The van der Waals surface area contributed by atoms with E-state index in [-0.39, 0.29) is 12.8 Å². The zero-order valence-electron chi connectivity index (χ0n) is 13.7. The highest BCUT2D eigenvalue weighted by atomic mass is 16.4. The van der Waals surface area contributed by atoms with Crippen LogP contribution in [0.25, 0.3) is 0 Å². The van der Waals surface area contributed by atoms with Crippen LogP contribution < -0.4 is 11.5 Å². The lowest BCUT2D eigenvalue weighted by molar-refractivity contribution is -0.143. The van der Waals surface area contributed by atoms with Gasteiger partial charge in [0.15, 0.2) is 0 Å². The Morgan fingerprint density at radius 1 is 0.800 bits per heavy atom. The Bertz CT molecular complexity index is 405. The van der Waals surface area contributed by atoms with E-state index in [0.29, 0.717) is 0 Å². The van der Waals surface area contributed by atoms with E-state index in [2.05, 4.69) is 0 Å². The lowest BCUT2D eigenvalue weighted by atomic mass is 10.3. The molecule has 10 N–H and O–H groups in total. The average Bonchev–Trinajstić information content (AvgIpc) is 2.44. The predicted octanol–water partition coefficient (Wildman–Crippen LogP) is -2.16. The van der Waals surface area contributed by atoms with Crippen LogP contribution in [0.15, 0.2) is 0 Å². The first-order chi connectivity index (χ1) is 11.2. The summed E-state index contributed by atoms with van der Waals surface area (Å²) in [6.07, 6.45) is -0.593. The Kier molecular flexibility index (Phi) is 23.2. The molecular weight excluding hydrogens is 348 g/mol. The molecule has 0 aromatic rings. The van der Waals surface area contributed by atoms with Gasteiger partial charge >= 0.3 is 23.9 Å². The number of rotatable bonds is 6. The van der Waals surface area contributed by atoms with Crippen LogP contribution in [-0.4, -0.2) is 79.2 Å². The maximum atomic E-state index is 9.65. The molecule has 0 saturated carbocycles. The molecule has 13 heteroatoms. The second kappa shape index (κ2) is 19.3. The Balaban J connectivity index is -0.000000121. The molecule has 0 aliphatic rings. The molecule has 25 heavy (non-hydrogen) atoms. The number of carboxylic acid groups (broad SMARTS) is 5. The van der Waals surface area contributed by atoms with Gasteiger partial charge in [-0.2, -0.15) is 0 Å². The summed E-state index contributed by atoms with van der Waals surface area (Å²) >= 11 is 0. The van der Waals surface area contributed by atoms with Gasteiger partial charge in [0.25, 0.3) is 5.97 Å². The second-order valence-electron chi connectivity index (χ2n) is 4.06. The van der Waals surface area contributed by atoms with Gasteiger partial charge in [0.05, 0.1) is 19.4 Å². The molecule has 0 aliphatic heterocycles. The predicted molar refractivity (Wildman–Crippen MR) is 81.8 cm³/mol. The molecule has 0 aliphatic carbocycles. The topological polar surface area (TPSA) is 259 Å². The highest BCUT2D eigenvalue weighted by Gasteiger charge is 2.07. The average molecular weight is 372 g/mol. The fourth-order valence-electron chi connectivity index (χ4n) is 0.292. The quantitative estimate of drug-likeness (QED) is 0.247. The van der Waals surface area contributed by atoms with Gasteiger partial charge in [0.1, 0.15) is 12.1 Å². The van der Waals surface area contributed by atoms with Crippen molar-refractivity contribution in [3.05, 3.63) is 0 Å². The van der Waals surface area contributed by atoms with Crippen molar-refractivity contribution >= 4 is 29.8 Å². The summed E-state index contributed by atoms with van der Waals surface area (Å²) in [6.45, 7) is 2.00. The maximum absolute atomic E-state index is 9.65. The lowest BCUT2D eigenvalue weighted by Gasteiger charge is -1.96. The molecule has 0 aromatic carbocycles. The van der Waals surface area contributed by atoms with Crippen molar-refractivity contribution in [3.8, 4) is 0 Å². The lowest BCUT2D eigenvalue weighted by Crippen LogP contribution is -2.33. The van der Waals surface area contributed by atoms with Crippen molar-refractivity contribution < 1.29 is 54.6 Å². The fourth-order valence-corrected chi connectivity index (χ4v) is 0.292. The number of nitrogens with two attached hydrogens (primary N) is 2. The third kappa shape index (κ3) is 52.5. The Hall–Kier alpha value is -2.77. The number of hydrogen-bond donors (Lipinski definition) is 8. The summed E-state index contributed by atoms with van der Waals surface area (Å²) < 4.78 is 0. The van der Waals surface area contributed by atoms with Crippen molar-refractivity contribution in [1.29, 1.82) is 0 Å². The van der Waals surface area contributed by atoms with Crippen LogP contribution in [0.3, 0.4) is 0 Å². The molecule has 2 atom stereocenters. The zero-order chi connectivity index (χ0) is 21.2. The van der Waals surface area contributed by atoms with Crippen LogP contribution in [0.4, 0.5) is 0 Å². The highest BCUT2D eigenvalue weighted by molar-refractivity contribution is 5.75. The largest absolute Gasteiger partial charge is 0.481 e. The van der Waals surface area contributed by atoms with Gasteiger partial charge in [0.2, 0.25) is 0 Å². The zero-order valence-corrected chi connectivity index (χ0v) is 13.7. The summed E-state index contributed by atoms with van der Waals surface area (Å²) in [4.78, 5) is 47.5. The molecule has 0 saturated heterocycles. The molecule has 0 bridgehead atoms. The molecule has 0 fully saturated rings. The maximum Gasteiger partial charge on any atom is 0.322 e. The number of carbonyl (C=O) groups is 5. The van der Waals surface area contributed by atoms with Gasteiger partial charge in [-0.1, -0.05) is 0 Å². The third-order valence-corrected chi connectivity index (χ3v) is 1.46. The minimum atomic E-state index is -1.18. The molecule has 0 amide bonds. The van der Waals surface area contributed by atoms with Crippen LogP contribution in [0.2, 0.25) is 0 Å². The first kappa shape index (κ1) is 30.1. The summed E-state index contributed by atoms with van der Waals surface area (Å²) in [6, 6.07) is -1.86. The van der Waals surface area contributed by atoms with Crippen molar-refractivity contribution in [1.82, 2.24) is 0 Å². The Morgan fingerprint density at radius 2 is 1.04 bits per heavy atom. The van der Waals surface area contributed by atoms with Gasteiger partial charge in [0, 0.05) is 6.92 Å². The van der Waals surface area contributed by atoms with E-state index < -0.39 is 48.5 Å². The first-order valence-corrected chi connectivity index (χ1v) is 6.39. The number of aliphatic carboxylic acids is 5. The molecule has 0 spiro atoms. The minimum absolute atomic E-state index is 0.296. The van der Waals surface area contributed by atoms with Crippen LogP contribution >= 0.6 is 0 Å². The summed E-state index contributed by atoms with van der Waals surface area (Å²) in [5, 5.41) is 47.0. The van der Waals surface area contributed by atoms with Crippen LogP contribution in [0.5, 0.6) is 0 Å². The van der Waals surface area contributed by atoms with Gasteiger partial charge in [-0.15, -0.1) is 0 Å². The molecule has 13 nitrogen and oxygen atoms in total. The molecule has 0 radical (unpaired) electrons. The molecule has 0 rings (SSSR count). The summed E-state index contributed by atoms with van der Waals surface area (Å²) in [5.41, 5.74) is 9.60. The molecule has 0 aromatic heterocycles. The van der Waals surface area contributed by atoms with Gasteiger partial charge < -0.3 is 42.1 Å². The van der Waals surface area contributed by atoms with E-state index in [1.807, 2.05) is 0 Å². The van der Waals surface area contributed by atoms with Gasteiger partial charge in [-0.05, 0) is 6.92 Å². The number of carboxylic acids is 5. The van der Waals surface area contributed by atoms with Gasteiger partial charge in [-0.25, -0.2) is 0 Å². The number of aliphatic hydroxyl groups is 1. The Labute approximate surface area is 142 Å². The van der Waals surface area contributed by atoms with Crippen LogP contribution in [0.1, 0.15) is 26.7 Å². The highest BCUT2D eigenvalue weighted by Crippen LogP contribution is 1.86. The monoisotopic (exact) mass is 372 g/mol. The smallest absolute Gasteiger partial charge is 0.322 e. The standard InChI is InChI=1S/C4H6O4.C3H7NO3.C3H7NO2.C2H4O2/c5-3(6)1-2-4(7)8;4-2(1-5)3(6)7;1-2(4)3(5)6;1-2(3)4/h1-2H2,(H,5,6)(H,7,8);2,5H,1,4H2,(H,6,7);2H,4H2,1H3,(H,5,6);1H3,(H,3,4). The van der Waals surface area contributed by atoms with E-state index >= 15 is 0 Å². The van der Waals surface area contributed by atoms with E-state index in [4.69, 9.17) is 46.9 Å². The van der Waals surface area contributed by atoms with E-state index in [1.165, 1.54) is 6.92 Å². The second-order valence-corrected chi connectivity index (χ2v) is 4.06. The number of hydrogen-bond acceptors (Lipinski definition) is 8. The minimum Gasteiger partial charge on any atom is -0.481 e.